The fourth-order valence-electron chi connectivity index (χ4n) is 3.54. The molecule has 190 valence electrons. The molecule has 1 fully saturated rings. The number of nitro groups is 1. The molecule has 0 radical (unpaired) electrons. The van der Waals surface area contributed by atoms with Gasteiger partial charge in [0, 0.05) is 22.2 Å². The second-order valence-corrected chi connectivity index (χ2v) is 9.68. The molecule has 0 spiro atoms. The monoisotopic (exact) mass is 586 g/mol. The van der Waals surface area contributed by atoms with Crippen molar-refractivity contribution in [3.63, 3.8) is 0 Å². The molecule has 3 aromatic rings. The first kappa shape index (κ1) is 26.4. The number of non-ortho nitro benzene ring substituents is 1. The van der Waals surface area contributed by atoms with Crippen LogP contribution in [-0.4, -0.2) is 27.6 Å². The van der Waals surface area contributed by atoms with E-state index in [4.69, 9.17) is 9.47 Å². The predicted molar refractivity (Wildman–Crippen MR) is 141 cm³/mol. The lowest BCUT2D eigenvalue weighted by Gasteiger charge is -2.14. The van der Waals surface area contributed by atoms with Gasteiger partial charge in [-0.1, -0.05) is 46.3 Å². The fourth-order valence-corrected chi connectivity index (χ4v) is 4.81. The first-order valence-electron chi connectivity index (χ1n) is 11.1. The lowest BCUT2D eigenvalue weighted by Crippen LogP contribution is -2.27. The Balaban J connectivity index is 1.56. The van der Waals surface area contributed by atoms with Crippen LogP contribution < -0.4 is 9.47 Å². The van der Waals surface area contributed by atoms with Crippen molar-refractivity contribution in [2.24, 2.45) is 0 Å². The molecular formula is C26H20BrFN2O6S. The molecule has 3 aromatic carbocycles. The Morgan fingerprint density at radius 1 is 1.08 bits per heavy atom. The third-order valence-electron chi connectivity index (χ3n) is 5.33. The zero-order valence-corrected chi connectivity index (χ0v) is 21.9. The number of amides is 2. The summed E-state index contributed by atoms with van der Waals surface area (Å²) < 4.78 is 26.1. The summed E-state index contributed by atoms with van der Waals surface area (Å²) in [5.41, 5.74) is 1.31. The number of carbonyl (C=O) groups excluding carboxylic acids is 2. The fraction of sp³-hybridized carbons (Fsp3) is 0.154. The molecule has 0 aromatic heterocycles. The second-order valence-electron chi connectivity index (χ2n) is 7.83. The first-order valence-corrected chi connectivity index (χ1v) is 12.7. The van der Waals surface area contributed by atoms with Crippen molar-refractivity contribution in [1.29, 1.82) is 0 Å². The van der Waals surface area contributed by atoms with E-state index in [2.05, 4.69) is 15.9 Å². The lowest BCUT2D eigenvalue weighted by molar-refractivity contribution is -0.384. The summed E-state index contributed by atoms with van der Waals surface area (Å²) in [6.07, 6.45) is 1.56. The maximum atomic E-state index is 14.0. The van der Waals surface area contributed by atoms with E-state index in [0.29, 0.717) is 39.3 Å². The van der Waals surface area contributed by atoms with E-state index >= 15 is 0 Å². The number of nitro benzene ring substituents is 1. The number of rotatable bonds is 9. The minimum Gasteiger partial charge on any atom is -0.490 e. The van der Waals surface area contributed by atoms with E-state index in [1.54, 1.807) is 42.5 Å². The number of hydrogen-bond acceptors (Lipinski definition) is 7. The van der Waals surface area contributed by atoms with Crippen molar-refractivity contribution >= 4 is 50.6 Å². The molecule has 8 nitrogen and oxygen atoms in total. The Labute approximate surface area is 224 Å². The van der Waals surface area contributed by atoms with Gasteiger partial charge >= 0.3 is 0 Å². The maximum absolute atomic E-state index is 14.0. The molecule has 1 heterocycles. The number of imide groups is 1. The number of thioether (sulfide) groups is 1. The highest BCUT2D eigenvalue weighted by atomic mass is 79.9. The van der Waals surface area contributed by atoms with Gasteiger partial charge in [0.25, 0.3) is 16.8 Å². The van der Waals surface area contributed by atoms with Crippen molar-refractivity contribution in [2.45, 2.75) is 20.1 Å². The zero-order valence-electron chi connectivity index (χ0n) is 19.5. The molecule has 0 aliphatic carbocycles. The molecule has 1 aliphatic heterocycles. The van der Waals surface area contributed by atoms with Crippen LogP contribution in [0, 0.1) is 15.9 Å². The van der Waals surface area contributed by atoms with E-state index in [9.17, 15) is 24.1 Å². The van der Waals surface area contributed by atoms with Gasteiger partial charge in [0.05, 0.1) is 23.0 Å². The normalized spacial score (nSPS) is 14.4. The molecule has 0 saturated carbocycles. The van der Waals surface area contributed by atoms with Crippen molar-refractivity contribution in [3.05, 3.63) is 103 Å². The summed E-state index contributed by atoms with van der Waals surface area (Å²) in [6, 6.07) is 15.4. The van der Waals surface area contributed by atoms with E-state index < -0.39 is 16.1 Å². The summed E-state index contributed by atoms with van der Waals surface area (Å²) in [4.78, 5) is 37.3. The molecule has 4 rings (SSSR count). The van der Waals surface area contributed by atoms with E-state index in [1.165, 1.54) is 24.3 Å². The SMILES string of the molecule is CCOc1cc(/C=C2/SC(=O)N(Cc3cccc([N+](=O)[O-])c3)C2=O)c(Br)cc1OCc1ccccc1F. The highest BCUT2D eigenvalue weighted by Crippen LogP contribution is 2.39. The molecule has 0 N–H and O–H groups in total. The van der Waals surface area contributed by atoms with Crippen LogP contribution in [0.4, 0.5) is 14.9 Å². The minimum atomic E-state index is -0.533. The number of nitrogens with zero attached hydrogens (tertiary/aromatic N) is 2. The topological polar surface area (TPSA) is 99.0 Å². The number of benzene rings is 3. The molecule has 0 unspecified atom stereocenters. The quantitative estimate of drug-likeness (QED) is 0.156. The Morgan fingerprint density at radius 3 is 2.57 bits per heavy atom. The van der Waals surface area contributed by atoms with Crippen molar-refractivity contribution in [3.8, 4) is 11.5 Å². The maximum Gasteiger partial charge on any atom is 0.293 e. The standard InChI is InChI=1S/C26H20BrFN2O6S/c1-2-35-22-11-18(20(27)13-23(22)36-15-17-7-3-4-9-21(17)28)12-24-25(31)29(26(32)37-24)14-16-6-5-8-19(10-16)30(33)34/h3-13H,2,14-15H2,1H3/b24-12+. The minimum absolute atomic E-state index is 0.00489. The van der Waals surface area contributed by atoms with Gasteiger partial charge in [-0.2, -0.15) is 0 Å². The average Bonchev–Trinajstić information content (AvgIpc) is 3.13. The van der Waals surface area contributed by atoms with Crippen LogP contribution in [-0.2, 0) is 17.9 Å². The van der Waals surface area contributed by atoms with Crippen LogP contribution in [0.2, 0.25) is 0 Å². The zero-order chi connectivity index (χ0) is 26.5. The van der Waals surface area contributed by atoms with E-state index in [-0.39, 0.29) is 29.6 Å². The second kappa shape index (κ2) is 11.6. The number of ether oxygens (including phenoxy) is 2. The van der Waals surface area contributed by atoms with Gasteiger partial charge in [-0.25, -0.2) is 4.39 Å². The number of carbonyl (C=O) groups is 2. The van der Waals surface area contributed by atoms with E-state index in [1.807, 2.05) is 6.92 Å². The highest BCUT2D eigenvalue weighted by molar-refractivity contribution is 9.10. The Kier molecular flexibility index (Phi) is 8.24. The van der Waals surface area contributed by atoms with Gasteiger partial charge in [0.2, 0.25) is 0 Å². The van der Waals surface area contributed by atoms with Crippen LogP contribution in [0.5, 0.6) is 11.5 Å². The molecular weight excluding hydrogens is 567 g/mol. The highest BCUT2D eigenvalue weighted by Gasteiger charge is 2.35. The van der Waals surface area contributed by atoms with E-state index in [0.717, 1.165) is 16.7 Å². The average molecular weight is 587 g/mol. The molecule has 2 amide bonds. The number of halogens is 2. The van der Waals surface area contributed by atoms with Gasteiger partial charge < -0.3 is 9.47 Å². The molecule has 0 atom stereocenters. The Hall–Kier alpha value is -3.70. The van der Waals surface area contributed by atoms with Crippen LogP contribution in [0.1, 0.15) is 23.6 Å². The molecule has 0 bridgehead atoms. The van der Waals surface area contributed by atoms with Crippen molar-refractivity contribution < 1.29 is 28.4 Å². The molecule has 37 heavy (non-hydrogen) atoms. The summed E-state index contributed by atoms with van der Waals surface area (Å²) in [5.74, 6) is -0.111. The molecule has 1 saturated heterocycles. The van der Waals surface area contributed by atoms with Crippen molar-refractivity contribution in [1.82, 2.24) is 4.90 Å². The number of hydrogen-bond donors (Lipinski definition) is 0. The largest absolute Gasteiger partial charge is 0.490 e. The van der Waals surface area contributed by atoms with Gasteiger partial charge in [-0.3, -0.25) is 24.6 Å². The molecule has 1 aliphatic rings. The Bertz CT molecular complexity index is 1410. The smallest absolute Gasteiger partial charge is 0.293 e. The van der Waals surface area contributed by atoms with Gasteiger partial charge in [0.1, 0.15) is 12.4 Å². The van der Waals surface area contributed by atoms with Gasteiger partial charge in [-0.05, 0) is 54.1 Å². The van der Waals surface area contributed by atoms with Gasteiger partial charge in [0.15, 0.2) is 11.5 Å². The third-order valence-corrected chi connectivity index (χ3v) is 6.92. The lowest BCUT2D eigenvalue weighted by atomic mass is 10.1. The van der Waals surface area contributed by atoms with Crippen LogP contribution >= 0.6 is 27.7 Å². The predicted octanol–water partition coefficient (Wildman–Crippen LogP) is 6.71. The Morgan fingerprint density at radius 2 is 1.84 bits per heavy atom. The third kappa shape index (κ3) is 6.17. The summed E-state index contributed by atoms with van der Waals surface area (Å²) >= 11 is 4.25. The van der Waals surface area contributed by atoms with Crippen LogP contribution in [0.25, 0.3) is 6.08 Å². The summed E-state index contributed by atoms with van der Waals surface area (Å²) in [6.45, 7) is 2.06. The molecule has 11 heteroatoms. The first-order chi connectivity index (χ1) is 17.8. The van der Waals surface area contributed by atoms with Crippen molar-refractivity contribution in [2.75, 3.05) is 6.61 Å². The summed E-state index contributed by atoms with van der Waals surface area (Å²) in [7, 11) is 0. The van der Waals surface area contributed by atoms with Crippen LogP contribution in [0.15, 0.2) is 70.0 Å². The van der Waals surface area contributed by atoms with Gasteiger partial charge in [-0.15, -0.1) is 0 Å². The summed E-state index contributed by atoms with van der Waals surface area (Å²) in [5, 5.41) is 10.6. The van der Waals surface area contributed by atoms with Crippen LogP contribution in [0.3, 0.4) is 0 Å².